The largest absolute Gasteiger partial charge is 0.493 e. The first-order chi connectivity index (χ1) is 15.6. The Balaban J connectivity index is 1.59. The second-order valence-corrected chi connectivity index (χ2v) is 8.97. The average molecular weight is 435 g/mol. The molecule has 6 nitrogen and oxygen atoms in total. The van der Waals surface area contributed by atoms with Gasteiger partial charge in [-0.2, -0.15) is 0 Å². The maximum absolute atomic E-state index is 12.6. The number of amides is 1. The fourth-order valence-electron chi connectivity index (χ4n) is 4.91. The fraction of sp³-hybridized carbons (Fsp3) is 0.462. The number of ether oxygens (including phenoxy) is 2. The number of carbonyl (C=O) groups excluding carboxylic acids is 1. The van der Waals surface area contributed by atoms with Gasteiger partial charge in [-0.25, -0.2) is 0 Å². The molecule has 32 heavy (non-hydrogen) atoms. The predicted molar refractivity (Wildman–Crippen MR) is 123 cm³/mol. The van der Waals surface area contributed by atoms with Crippen LogP contribution < -0.4 is 14.8 Å². The number of rotatable bonds is 6. The standard InChI is InChI=1S/C26H30N2O4/c1-3-32-24-13-19-20-12-18(29)9-10-22(20)28-25(21(19)14-23(24)31-2)15-5-4-6-16(11-15)26(30)27-17-7-8-17/h4-6,11,13-14,17-18,20,22,29H,3,7-10,12H2,1-2H3,(H,27,30)/t18-,20-,22-/m1/s1. The molecule has 168 valence electrons. The smallest absolute Gasteiger partial charge is 0.251 e. The van der Waals surface area contributed by atoms with Crippen molar-refractivity contribution in [3.8, 4) is 11.5 Å². The summed E-state index contributed by atoms with van der Waals surface area (Å²) in [5.74, 6) is 1.49. The van der Waals surface area contributed by atoms with E-state index in [0.717, 1.165) is 48.1 Å². The maximum atomic E-state index is 12.6. The summed E-state index contributed by atoms with van der Waals surface area (Å²) in [6.45, 7) is 2.50. The van der Waals surface area contributed by atoms with E-state index in [4.69, 9.17) is 14.5 Å². The van der Waals surface area contributed by atoms with E-state index in [1.807, 2.05) is 37.3 Å². The molecule has 6 heteroatoms. The number of benzene rings is 2. The molecule has 0 radical (unpaired) electrons. The van der Waals surface area contributed by atoms with Crippen molar-refractivity contribution in [3.05, 3.63) is 58.7 Å². The third-order valence-corrected chi connectivity index (χ3v) is 6.68. The molecular formula is C26H30N2O4. The summed E-state index contributed by atoms with van der Waals surface area (Å²) in [6.07, 6.45) is 4.09. The lowest BCUT2D eigenvalue weighted by molar-refractivity contribution is 0.0951. The van der Waals surface area contributed by atoms with Gasteiger partial charge in [0.05, 0.1) is 31.6 Å². The second kappa shape index (κ2) is 8.58. The zero-order chi connectivity index (χ0) is 22.2. The van der Waals surface area contributed by atoms with Gasteiger partial charge in [0.1, 0.15) is 0 Å². The lowest BCUT2D eigenvalue weighted by Crippen LogP contribution is -2.34. The number of aliphatic imine (C=N–C) groups is 1. The van der Waals surface area contributed by atoms with Gasteiger partial charge >= 0.3 is 0 Å². The van der Waals surface area contributed by atoms with Crippen LogP contribution in [0.3, 0.4) is 0 Å². The normalized spacial score (nSPS) is 24.1. The Bertz CT molecular complexity index is 1060. The second-order valence-electron chi connectivity index (χ2n) is 8.97. The van der Waals surface area contributed by atoms with Crippen molar-refractivity contribution in [3.63, 3.8) is 0 Å². The van der Waals surface area contributed by atoms with E-state index in [9.17, 15) is 9.90 Å². The van der Waals surface area contributed by atoms with Crippen molar-refractivity contribution in [1.29, 1.82) is 0 Å². The molecule has 0 saturated heterocycles. The Morgan fingerprint density at radius 3 is 2.75 bits per heavy atom. The average Bonchev–Trinajstić information content (AvgIpc) is 3.62. The summed E-state index contributed by atoms with van der Waals surface area (Å²) in [5.41, 5.74) is 4.57. The van der Waals surface area contributed by atoms with Crippen molar-refractivity contribution in [2.75, 3.05) is 13.7 Å². The van der Waals surface area contributed by atoms with Crippen LogP contribution in [0.2, 0.25) is 0 Å². The zero-order valence-electron chi connectivity index (χ0n) is 18.6. The highest BCUT2D eigenvalue weighted by molar-refractivity contribution is 6.15. The van der Waals surface area contributed by atoms with Crippen molar-refractivity contribution in [2.24, 2.45) is 4.99 Å². The molecule has 1 amide bonds. The van der Waals surface area contributed by atoms with Crippen LogP contribution in [0.5, 0.6) is 11.5 Å². The monoisotopic (exact) mass is 434 g/mol. The van der Waals surface area contributed by atoms with Crippen LogP contribution in [0.4, 0.5) is 0 Å². The van der Waals surface area contributed by atoms with Gasteiger partial charge in [-0.1, -0.05) is 12.1 Å². The lowest BCUT2D eigenvalue weighted by Gasteiger charge is -2.37. The molecule has 0 bridgehead atoms. The topological polar surface area (TPSA) is 80.2 Å². The Labute approximate surface area is 188 Å². The molecule has 0 aromatic heterocycles. The highest BCUT2D eigenvalue weighted by Gasteiger charge is 2.37. The summed E-state index contributed by atoms with van der Waals surface area (Å²) < 4.78 is 11.5. The van der Waals surface area contributed by atoms with Gasteiger partial charge in [0, 0.05) is 28.7 Å². The third-order valence-electron chi connectivity index (χ3n) is 6.68. The Hall–Kier alpha value is -2.86. The first-order valence-corrected chi connectivity index (χ1v) is 11.6. The molecule has 0 spiro atoms. The summed E-state index contributed by atoms with van der Waals surface area (Å²) >= 11 is 0. The fourth-order valence-corrected chi connectivity index (χ4v) is 4.91. The van der Waals surface area contributed by atoms with Crippen molar-refractivity contribution in [1.82, 2.24) is 5.32 Å². The first kappa shape index (κ1) is 21.0. The van der Waals surface area contributed by atoms with Crippen molar-refractivity contribution in [2.45, 2.75) is 63.1 Å². The molecule has 2 aromatic rings. The Morgan fingerprint density at radius 1 is 1.16 bits per heavy atom. The summed E-state index contributed by atoms with van der Waals surface area (Å²) in [5, 5.41) is 13.4. The van der Waals surface area contributed by atoms with Crippen LogP contribution in [-0.2, 0) is 0 Å². The number of aliphatic hydroxyl groups is 1. The number of fused-ring (bicyclic) bond motifs is 3. The van der Waals surface area contributed by atoms with Crippen LogP contribution in [0.15, 0.2) is 41.4 Å². The first-order valence-electron chi connectivity index (χ1n) is 11.6. The highest BCUT2D eigenvalue weighted by atomic mass is 16.5. The van der Waals surface area contributed by atoms with E-state index in [1.165, 1.54) is 0 Å². The van der Waals surface area contributed by atoms with Gasteiger partial charge in [-0.05, 0) is 68.9 Å². The summed E-state index contributed by atoms with van der Waals surface area (Å²) in [6, 6.07) is 12.2. The highest BCUT2D eigenvalue weighted by Crippen LogP contribution is 2.45. The van der Waals surface area contributed by atoms with E-state index >= 15 is 0 Å². The van der Waals surface area contributed by atoms with Crippen LogP contribution >= 0.6 is 0 Å². The number of hydrogen-bond donors (Lipinski definition) is 2. The molecule has 2 aliphatic carbocycles. The van der Waals surface area contributed by atoms with Gasteiger partial charge in [0.25, 0.3) is 5.91 Å². The molecule has 3 aliphatic rings. The number of aliphatic hydroxyl groups excluding tert-OH is 1. The third kappa shape index (κ3) is 3.99. The molecule has 2 saturated carbocycles. The molecule has 5 rings (SSSR count). The van der Waals surface area contributed by atoms with Gasteiger partial charge < -0.3 is 19.9 Å². The predicted octanol–water partition coefficient (Wildman–Crippen LogP) is 3.83. The SMILES string of the molecule is CCOc1cc2c(cc1OC)C(c1cccc(C(=O)NC3CC3)c1)=N[C@@H]1CC[C@@H](O)C[C@H]21. The van der Waals surface area contributed by atoms with E-state index in [2.05, 4.69) is 11.4 Å². The molecule has 3 atom stereocenters. The van der Waals surface area contributed by atoms with Crippen molar-refractivity contribution >= 4 is 11.6 Å². The molecular weight excluding hydrogens is 404 g/mol. The number of methoxy groups -OCH3 is 1. The van der Waals surface area contributed by atoms with Crippen LogP contribution in [0.25, 0.3) is 0 Å². The van der Waals surface area contributed by atoms with Gasteiger partial charge in [0.15, 0.2) is 11.5 Å². The minimum absolute atomic E-state index is 0.0334. The summed E-state index contributed by atoms with van der Waals surface area (Å²) in [4.78, 5) is 17.8. The Kier molecular flexibility index (Phi) is 5.64. The molecule has 0 unspecified atom stereocenters. The maximum Gasteiger partial charge on any atom is 0.251 e. The van der Waals surface area contributed by atoms with Gasteiger partial charge in [-0.15, -0.1) is 0 Å². The van der Waals surface area contributed by atoms with Gasteiger partial charge in [-0.3, -0.25) is 9.79 Å². The molecule has 2 aromatic carbocycles. The molecule has 1 heterocycles. The van der Waals surface area contributed by atoms with E-state index in [0.29, 0.717) is 36.1 Å². The lowest BCUT2D eigenvalue weighted by atomic mass is 9.74. The number of hydrogen-bond acceptors (Lipinski definition) is 5. The van der Waals surface area contributed by atoms with E-state index in [-0.39, 0.29) is 24.0 Å². The number of nitrogens with one attached hydrogen (secondary N) is 1. The Morgan fingerprint density at radius 2 is 2.00 bits per heavy atom. The number of carbonyl (C=O) groups is 1. The quantitative estimate of drug-likeness (QED) is 0.724. The number of nitrogens with zero attached hydrogens (tertiary/aromatic N) is 1. The molecule has 2 N–H and O–H groups in total. The molecule has 1 aliphatic heterocycles. The van der Waals surface area contributed by atoms with Gasteiger partial charge in [0.2, 0.25) is 0 Å². The van der Waals surface area contributed by atoms with Crippen molar-refractivity contribution < 1.29 is 19.4 Å². The minimum atomic E-state index is -0.312. The minimum Gasteiger partial charge on any atom is -0.493 e. The zero-order valence-corrected chi connectivity index (χ0v) is 18.6. The van der Waals surface area contributed by atoms with E-state index in [1.54, 1.807) is 7.11 Å². The summed E-state index contributed by atoms with van der Waals surface area (Å²) in [7, 11) is 1.64. The molecule has 2 fully saturated rings. The van der Waals surface area contributed by atoms with Crippen LogP contribution in [-0.4, -0.2) is 48.6 Å². The van der Waals surface area contributed by atoms with E-state index < -0.39 is 0 Å². The van der Waals surface area contributed by atoms with Crippen LogP contribution in [0.1, 0.15) is 72.0 Å². The van der Waals surface area contributed by atoms with Crippen LogP contribution in [0, 0.1) is 0 Å².